The van der Waals surface area contributed by atoms with E-state index < -0.39 is 17.9 Å². The monoisotopic (exact) mass is 215 g/mol. The molecule has 0 aliphatic carbocycles. The average molecular weight is 215 g/mol. The minimum Gasteiger partial charge on any atom is -0.480 e. The molecule has 0 saturated heterocycles. The molecule has 0 bridgehead atoms. The SMILES string of the molecule is O=C(NC(CS)C(=O)O)c1ccoc1. The van der Waals surface area contributed by atoms with Crippen molar-refractivity contribution in [2.24, 2.45) is 0 Å². The van der Waals surface area contributed by atoms with Gasteiger partial charge < -0.3 is 14.8 Å². The molecular formula is C8H9NO4S. The molecule has 2 N–H and O–H groups in total. The molecular weight excluding hydrogens is 206 g/mol. The standard InChI is InChI=1S/C8H9NO4S/c10-7(5-1-2-13-3-5)9-6(4-14)8(11)12/h1-3,6,14H,4H2,(H,9,10)(H,11,12). The number of furan rings is 1. The third kappa shape index (κ3) is 2.53. The highest BCUT2D eigenvalue weighted by Crippen LogP contribution is 2.00. The molecule has 1 aromatic heterocycles. The Kier molecular flexibility index (Phi) is 3.58. The van der Waals surface area contributed by atoms with Crippen molar-refractivity contribution in [3.05, 3.63) is 24.2 Å². The number of thiol groups is 1. The zero-order chi connectivity index (χ0) is 10.6. The van der Waals surface area contributed by atoms with Crippen LogP contribution in [0.2, 0.25) is 0 Å². The van der Waals surface area contributed by atoms with Gasteiger partial charge in [0.05, 0.1) is 11.8 Å². The number of amides is 1. The van der Waals surface area contributed by atoms with Crippen LogP contribution in [0.25, 0.3) is 0 Å². The molecule has 1 unspecified atom stereocenters. The summed E-state index contributed by atoms with van der Waals surface area (Å²) < 4.78 is 4.68. The summed E-state index contributed by atoms with van der Waals surface area (Å²) >= 11 is 3.81. The highest BCUT2D eigenvalue weighted by Gasteiger charge is 2.19. The van der Waals surface area contributed by atoms with Gasteiger partial charge in [-0.25, -0.2) is 4.79 Å². The summed E-state index contributed by atoms with van der Waals surface area (Å²) in [6, 6.07) is 0.466. The van der Waals surface area contributed by atoms with Crippen molar-refractivity contribution in [3.8, 4) is 0 Å². The molecule has 0 fully saturated rings. The molecule has 0 aromatic carbocycles. The van der Waals surface area contributed by atoms with Crippen LogP contribution >= 0.6 is 12.6 Å². The second kappa shape index (κ2) is 4.71. The van der Waals surface area contributed by atoms with Crippen molar-refractivity contribution >= 4 is 24.5 Å². The highest BCUT2D eigenvalue weighted by atomic mass is 32.1. The molecule has 1 aromatic rings. The van der Waals surface area contributed by atoms with Crippen molar-refractivity contribution in [2.45, 2.75) is 6.04 Å². The number of carboxylic acids is 1. The van der Waals surface area contributed by atoms with E-state index in [1.54, 1.807) is 0 Å². The van der Waals surface area contributed by atoms with Crippen LogP contribution in [0.4, 0.5) is 0 Å². The molecule has 1 heterocycles. The normalized spacial score (nSPS) is 12.1. The minimum absolute atomic E-state index is 0.0406. The zero-order valence-electron chi connectivity index (χ0n) is 7.14. The number of rotatable bonds is 4. The molecule has 5 nitrogen and oxygen atoms in total. The van der Waals surface area contributed by atoms with Crippen LogP contribution in [0.5, 0.6) is 0 Å². The number of carboxylic acid groups (broad SMARTS) is 1. The van der Waals surface area contributed by atoms with E-state index in [2.05, 4.69) is 22.4 Å². The maximum Gasteiger partial charge on any atom is 0.327 e. The summed E-state index contributed by atoms with van der Waals surface area (Å²) in [5.41, 5.74) is 0.290. The lowest BCUT2D eigenvalue weighted by atomic mass is 10.3. The summed E-state index contributed by atoms with van der Waals surface area (Å²) in [7, 11) is 0. The fourth-order valence-electron chi connectivity index (χ4n) is 0.821. The summed E-state index contributed by atoms with van der Waals surface area (Å²) in [5.74, 6) is -1.56. The van der Waals surface area contributed by atoms with Crippen molar-refractivity contribution in [3.63, 3.8) is 0 Å². The summed E-state index contributed by atoms with van der Waals surface area (Å²) in [5, 5.41) is 10.9. The Morgan fingerprint density at radius 1 is 1.64 bits per heavy atom. The molecule has 76 valence electrons. The van der Waals surface area contributed by atoms with E-state index >= 15 is 0 Å². The van der Waals surface area contributed by atoms with E-state index in [9.17, 15) is 9.59 Å². The van der Waals surface area contributed by atoms with E-state index in [0.717, 1.165) is 0 Å². The first-order valence-electron chi connectivity index (χ1n) is 3.82. The van der Waals surface area contributed by atoms with Gasteiger partial charge in [0, 0.05) is 5.75 Å². The van der Waals surface area contributed by atoms with Gasteiger partial charge in [-0.1, -0.05) is 0 Å². The largest absolute Gasteiger partial charge is 0.480 e. The van der Waals surface area contributed by atoms with Gasteiger partial charge in [0.2, 0.25) is 0 Å². The minimum atomic E-state index is -1.11. The average Bonchev–Trinajstić information content (AvgIpc) is 2.65. The van der Waals surface area contributed by atoms with Crippen LogP contribution in [0, 0.1) is 0 Å². The Morgan fingerprint density at radius 2 is 2.36 bits per heavy atom. The Labute approximate surface area is 85.5 Å². The van der Waals surface area contributed by atoms with Crippen LogP contribution in [-0.4, -0.2) is 28.8 Å². The second-order valence-corrected chi connectivity index (χ2v) is 2.92. The maximum atomic E-state index is 11.3. The predicted molar refractivity (Wildman–Crippen MR) is 51.5 cm³/mol. The van der Waals surface area contributed by atoms with Crippen LogP contribution < -0.4 is 5.32 Å². The van der Waals surface area contributed by atoms with Gasteiger partial charge in [-0.2, -0.15) is 12.6 Å². The van der Waals surface area contributed by atoms with E-state index in [1.165, 1.54) is 18.6 Å². The third-order valence-corrected chi connectivity index (χ3v) is 1.93. The van der Waals surface area contributed by atoms with Crippen LogP contribution in [-0.2, 0) is 4.79 Å². The van der Waals surface area contributed by atoms with E-state index in [-0.39, 0.29) is 11.3 Å². The molecule has 1 atom stereocenters. The van der Waals surface area contributed by atoms with Crippen molar-refractivity contribution < 1.29 is 19.1 Å². The first-order chi connectivity index (χ1) is 6.65. The molecule has 0 aliphatic rings. The van der Waals surface area contributed by atoms with Gasteiger partial charge in [0.1, 0.15) is 12.3 Å². The fourth-order valence-corrected chi connectivity index (χ4v) is 1.07. The molecule has 0 aliphatic heterocycles. The Morgan fingerprint density at radius 3 is 2.79 bits per heavy atom. The lowest BCUT2D eigenvalue weighted by Gasteiger charge is -2.10. The lowest BCUT2D eigenvalue weighted by Crippen LogP contribution is -2.41. The summed E-state index contributed by atoms with van der Waals surface area (Å²) in [4.78, 5) is 21.9. The molecule has 6 heteroatoms. The summed E-state index contributed by atoms with van der Waals surface area (Å²) in [6.07, 6.45) is 2.58. The molecule has 0 radical (unpaired) electrons. The van der Waals surface area contributed by atoms with Gasteiger partial charge in [0.15, 0.2) is 0 Å². The Bertz CT molecular complexity index is 322. The number of carbonyl (C=O) groups is 2. The predicted octanol–water partition coefficient (Wildman–Crippen LogP) is 0.392. The topological polar surface area (TPSA) is 79.5 Å². The number of hydrogen-bond acceptors (Lipinski definition) is 4. The van der Waals surface area contributed by atoms with Gasteiger partial charge in [0.25, 0.3) is 5.91 Å². The van der Waals surface area contributed by atoms with Gasteiger partial charge in [-0.15, -0.1) is 0 Å². The number of hydrogen-bond donors (Lipinski definition) is 3. The van der Waals surface area contributed by atoms with Crippen molar-refractivity contribution in [1.29, 1.82) is 0 Å². The van der Waals surface area contributed by atoms with E-state index in [4.69, 9.17) is 5.11 Å². The Balaban J connectivity index is 2.60. The van der Waals surface area contributed by atoms with E-state index in [1.807, 2.05) is 0 Å². The maximum absolute atomic E-state index is 11.3. The first kappa shape index (κ1) is 10.6. The van der Waals surface area contributed by atoms with Crippen molar-refractivity contribution in [1.82, 2.24) is 5.32 Å². The van der Waals surface area contributed by atoms with Crippen LogP contribution in [0.15, 0.2) is 23.0 Å². The van der Waals surface area contributed by atoms with Gasteiger partial charge in [-0.05, 0) is 6.07 Å². The fraction of sp³-hybridized carbons (Fsp3) is 0.250. The third-order valence-electron chi connectivity index (χ3n) is 1.57. The zero-order valence-corrected chi connectivity index (χ0v) is 8.03. The second-order valence-electron chi connectivity index (χ2n) is 2.56. The van der Waals surface area contributed by atoms with Gasteiger partial charge in [-0.3, -0.25) is 4.79 Å². The van der Waals surface area contributed by atoms with E-state index in [0.29, 0.717) is 0 Å². The molecule has 0 saturated carbocycles. The molecule has 1 rings (SSSR count). The lowest BCUT2D eigenvalue weighted by molar-refractivity contribution is -0.138. The smallest absolute Gasteiger partial charge is 0.327 e. The molecule has 1 amide bonds. The molecule has 0 spiro atoms. The highest BCUT2D eigenvalue weighted by molar-refractivity contribution is 7.80. The summed E-state index contributed by atoms with van der Waals surface area (Å²) in [6.45, 7) is 0. The number of aliphatic carboxylic acids is 1. The number of carbonyl (C=O) groups excluding carboxylic acids is 1. The van der Waals surface area contributed by atoms with Crippen molar-refractivity contribution in [2.75, 3.05) is 5.75 Å². The number of nitrogens with one attached hydrogen (secondary N) is 1. The van der Waals surface area contributed by atoms with Gasteiger partial charge >= 0.3 is 5.97 Å². The molecule has 14 heavy (non-hydrogen) atoms. The van der Waals surface area contributed by atoms with Crippen LogP contribution in [0.3, 0.4) is 0 Å². The quantitative estimate of drug-likeness (QED) is 0.635. The Hall–Kier alpha value is -1.43. The first-order valence-corrected chi connectivity index (χ1v) is 4.45. The van der Waals surface area contributed by atoms with Crippen LogP contribution in [0.1, 0.15) is 10.4 Å².